The molecule has 0 aliphatic rings. The quantitative estimate of drug-likeness (QED) is 0.940. The lowest BCUT2D eigenvalue weighted by molar-refractivity contribution is -0.137. The fraction of sp³-hybridized carbons (Fsp3) is 0.231. The third-order valence-corrected chi connectivity index (χ3v) is 2.76. The highest BCUT2D eigenvalue weighted by atomic mass is 19.4. The van der Waals surface area contributed by atoms with Crippen LogP contribution in [0.5, 0.6) is 0 Å². The molecule has 1 heterocycles. The second-order valence-corrected chi connectivity index (χ2v) is 4.23. The summed E-state index contributed by atoms with van der Waals surface area (Å²) in [5.41, 5.74) is -0.703. The molecule has 7 heteroatoms. The second-order valence-electron chi connectivity index (χ2n) is 4.23. The second kappa shape index (κ2) is 5.36. The Labute approximate surface area is 113 Å². The maximum absolute atomic E-state index is 12.6. The minimum absolute atomic E-state index is 0.101. The van der Waals surface area contributed by atoms with E-state index >= 15 is 0 Å². The van der Waals surface area contributed by atoms with Gasteiger partial charge in [-0.25, -0.2) is 0 Å². The van der Waals surface area contributed by atoms with E-state index in [0.29, 0.717) is 0 Å². The number of benzene rings is 1. The highest BCUT2D eigenvalue weighted by molar-refractivity contribution is 5.93. The lowest BCUT2D eigenvalue weighted by Crippen LogP contribution is -2.24. The fourth-order valence-corrected chi connectivity index (χ4v) is 1.65. The third-order valence-electron chi connectivity index (χ3n) is 2.76. The van der Waals surface area contributed by atoms with E-state index in [1.54, 1.807) is 19.2 Å². The molecule has 2 rings (SSSR count). The zero-order valence-corrected chi connectivity index (χ0v) is 10.6. The standard InChI is InChI=1S/C13H12F3N3O/c1-9(19-7-3-6-17-19)12(20)18-11-5-2-4-10(8-11)13(14,15)16/h2-9H,1H3,(H,18,20). The van der Waals surface area contributed by atoms with Crippen molar-refractivity contribution in [2.24, 2.45) is 0 Å². The van der Waals surface area contributed by atoms with Crippen molar-refractivity contribution >= 4 is 11.6 Å². The average molecular weight is 283 g/mol. The zero-order valence-electron chi connectivity index (χ0n) is 10.6. The summed E-state index contributed by atoms with van der Waals surface area (Å²) < 4.78 is 39.1. The van der Waals surface area contributed by atoms with Crippen molar-refractivity contribution < 1.29 is 18.0 Å². The normalized spacial score (nSPS) is 13.0. The summed E-state index contributed by atoms with van der Waals surface area (Å²) in [6, 6.07) is 5.55. The number of aromatic nitrogens is 2. The van der Waals surface area contributed by atoms with Gasteiger partial charge in [-0.2, -0.15) is 18.3 Å². The molecule has 1 atom stereocenters. The van der Waals surface area contributed by atoms with Gasteiger partial charge in [0, 0.05) is 18.1 Å². The summed E-state index contributed by atoms with van der Waals surface area (Å²) in [5.74, 6) is -0.437. The Kier molecular flexibility index (Phi) is 3.78. The number of hydrogen-bond donors (Lipinski definition) is 1. The predicted octanol–water partition coefficient (Wildman–Crippen LogP) is 3.10. The monoisotopic (exact) mass is 283 g/mol. The van der Waals surface area contributed by atoms with Crippen molar-refractivity contribution in [2.75, 3.05) is 5.32 Å². The van der Waals surface area contributed by atoms with Gasteiger partial charge in [0.1, 0.15) is 6.04 Å². The molecule has 106 valence electrons. The van der Waals surface area contributed by atoms with Crippen molar-refractivity contribution in [3.63, 3.8) is 0 Å². The fourth-order valence-electron chi connectivity index (χ4n) is 1.65. The summed E-state index contributed by atoms with van der Waals surface area (Å²) in [4.78, 5) is 11.9. The van der Waals surface area contributed by atoms with Crippen LogP contribution in [0.15, 0.2) is 42.7 Å². The predicted molar refractivity (Wildman–Crippen MR) is 67.0 cm³/mol. The average Bonchev–Trinajstić information content (AvgIpc) is 2.91. The minimum atomic E-state index is -4.44. The molecular formula is C13H12F3N3O. The van der Waals surface area contributed by atoms with Crippen LogP contribution in [0.2, 0.25) is 0 Å². The number of nitrogens with zero attached hydrogens (tertiary/aromatic N) is 2. The molecule has 0 saturated carbocycles. The molecule has 1 aromatic heterocycles. The molecule has 1 aromatic carbocycles. The first-order valence-electron chi connectivity index (χ1n) is 5.85. The van der Waals surface area contributed by atoms with Crippen molar-refractivity contribution in [3.05, 3.63) is 48.3 Å². The maximum atomic E-state index is 12.6. The van der Waals surface area contributed by atoms with Gasteiger partial charge < -0.3 is 5.32 Å². The molecule has 0 aliphatic carbocycles. The number of halogens is 3. The Bertz CT molecular complexity index is 593. The highest BCUT2D eigenvalue weighted by Gasteiger charge is 2.30. The van der Waals surface area contributed by atoms with E-state index in [9.17, 15) is 18.0 Å². The van der Waals surface area contributed by atoms with Crippen LogP contribution in [0, 0.1) is 0 Å². The molecule has 0 radical (unpaired) electrons. The highest BCUT2D eigenvalue weighted by Crippen LogP contribution is 2.30. The Hall–Kier alpha value is -2.31. The van der Waals surface area contributed by atoms with Crippen molar-refractivity contribution in [1.82, 2.24) is 9.78 Å². The van der Waals surface area contributed by atoms with E-state index in [-0.39, 0.29) is 5.69 Å². The lowest BCUT2D eigenvalue weighted by Gasteiger charge is -2.14. The molecular weight excluding hydrogens is 271 g/mol. The summed E-state index contributed by atoms with van der Waals surface area (Å²) in [5, 5.41) is 6.35. The SMILES string of the molecule is CC(C(=O)Nc1cccc(C(F)(F)F)c1)n1cccn1. The third kappa shape index (κ3) is 3.17. The smallest absolute Gasteiger partial charge is 0.324 e. The summed E-state index contributed by atoms with van der Waals surface area (Å²) >= 11 is 0. The molecule has 0 spiro atoms. The maximum Gasteiger partial charge on any atom is 0.416 e. The van der Waals surface area contributed by atoms with Crippen molar-refractivity contribution in [2.45, 2.75) is 19.1 Å². The van der Waals surface area contributed by atoms with Gasteiger partial charge in [0.05, 0.1) is 5.56 Å². The number of hydrogen-bond acceptors (Lipinski definition) is 2. The van der Waals surface area contributed by atoms with Crippen LogP contribution in [-0.4, -0.2) is 15.7 Å². The van der Waals surface area contributed by atoms with Gasteiger partial charge in [0.2, 0.25) is 5.91 Å². The van der Waals surface area contributed by atoms with Gasteiger partial charge in [-0.3, -0.25) is 9.48 Å². The van der Waals surface area contributed by atoms with Gasteiger partial charge in [-0.1, -0.05) is 6.07 Å². The molecule has 1 N–H and O–H groups in total. The van der Waals surface area contributed by atoms with E-state index in [0.717, 1.165) is 12.1 Å². The number of rotatable bonds is 3. The number of alkyl halides is 3. The van der Waals surface area contributed by atoms with Crippen LogP contribution in [0.1, 0.15) is 18.5 Å². The molecule has 2 aromatic rings. The topological polar surface area (TPSA) is 46.9 Å². The number of amides is 1. The van der Waals surface area contributed by atoms with Crippen molar-refractivity contribution in [3.8, 4) is 0 Å². The number of carbonyl (C=O) groups excluding carboxylic acids is 1. The Morgan fingerprint density at radius 3 is 2.70 bits per heavy atom. The Morgan fingerprint density at radius 2 is 2.10 bits per heavy atom. The van der Waals surface area contributed by atoms with Crippen LogP contribution in [0.4, 0.5) is 18.9 Å². The lowest BCUT2D eigenvalue weighted by atomic mass is 10.2. The van der Waals surface area contributed by atoms with Crippen LogP contribution in [-0.2, 0) is 11.0 Å². The Balaban J connectivity index is 2.12. The molecule has 0 aliphatic heterocycles. The van der Waals surface area contributed by atoms with Gasteiger partial charge in [-0.15, -0.1) is 0 Å². The van der Waals surface area contributed by atoms with E-state index in [4.69, 9.17) is 0 Å². The van der Waals surface area contributed by atoms with Crippen LogP contribution in [0.3, 0.4) is 0 Å². The van der Waals surface area contributed by atoms with E-state index in [1.165, 1.54) is 23.0 Å². The molecule has 0 bridgehead atoms. The first-order chi connectivity index (χ1) is 9.38. The number of anilines is 1. The minimum Gasteiger partial charge on any atom is -0.324 e. The molecule has 1 unspecified atom stereocenters. The zero-order chi connectivity index (χ0) is 14.8. The van der Waals surface area contributed by atoms with Crippen molar-refractivity contribution in [1.29, 1.82) is 0 Å². The first kappa shape index (κ1) is 14.1. The van der Waals surface area contributed by atoms with Gasteiger partial charge >= 0.3 is 6.18 Å². The van der Waals surface area contributed by atoms with Crippen LogP contribution >= 0.6 is 0 Å². The number of carbonyl (C=O) groups is 1. The van der Waals surface area contributed by atoms with Gasteiger partial charge in [-0.05, 0) is 31.2 Å². The molecule has 0 saturated heterocycles. The molecule has 1 amide bonds. The molecule has 4 nitrogen and oxygen atoms in total. The van der Waals surface area contributed by atoms with Gasteiger partial charge in [0.15, 0.2) is 0 Å². The molecule has 20 heavy (non-hydrogen) atoms. The van der Waals surface area contributed by atoms with Crippen LogP contribution < -0.4 is 5.32 Å². The van der Waals surface area contributed by atoms with E-state index < -0.39 is 23.7 Å². The number of nitrogens with one attached hydrogen (secondary N) is 1. The summed E-state index contributed by atoms with van der Waals surface area (Å²) in [6.45, 7) is 1.61. The van der Waals surface area contributed by atoms with Crippen LogP contribution in [0.25, 0.3) is 0 Å². The Morgan fingerprint density at radius 1 is 1.35 bits per heavy atom. The largest absolute Gasteiger partial charge is 0.416 e. The van der Waals surface area contributed by atoms with E-state index in [1.807, 2.05) is 0 Å². The first-order valence-corrected chi connectivity index (χ1v) is 5.85. The molecule has 0 fully saturated rings. The summed E-state index contributed by atoms with van der Waals surface area (Å²) in [6.07, 6.45) is -1.31. The van der Waals surface area contributed by atoms with Gasteiger partial charge in [0.25, 0.3) is 0 Å². The van der Waals surface area contributed by atoms with E-state index in [2.05, 4.69) is 10.4 Å². The summed E-state index contributed by atoms with van der Waals surface area (Å²) in [7, 11) is 0.